The Balaban J connectivity index is 2.20. The molecule has 0 bridgehead atoms. The molecular formula is C12H9F4NO5S. The fourth-order valence-corrected chi connectivity index (χ4v) is 3.41. The average molecular weight is 355 g/mol. The number of hydrogen-bond donors (Lipinski definition) is 1. The minimum absolute atomic E-state index is 0.362. The first-order chi connectivity index (χ1) is 10.5. The van der Waals surface area contributed by atoms with Gasteiger partial charge in [-0.05, 0) is 25.0 Å². The molecule has 0 aliphatic heterocycles. The summed E-state index contributed by atoms with van der Waals surface area (Å²) < 4.78 is 73.9. The number of carbonyl (C=O) groups excluding carboxylic acids is 2. The first-order valence-corrected chi connectivity index (χ1v) is 7.70. The minimum atomic E-state index is -5.34. The van der Waals surface area contributed by atoms with E-state index in [9.17, 15) is 35.6 Å². The van der Waals surface area contributed by atoms with Crippen LogP contribution >= 0.6 is 0 Å². The quantitative estimate of drug-likeness (QED) is 0.656. The van der Waals surface area contributed by atoms with Crippen LogP contribution in [0.4, 0.5) is 17.6 Å². The van der Waals surface area contributed by atoms with Crippen molar-refractivity contribution in [3.63, 3.8) is 0 Å². The Morgan fingerprint density at radius 2 is 1.83 bits per heavy atom. The summed E-state index contributed by atoms with van der Waals surface area (Å²) in [4.78, 5) is 24.8. The molecule has 0 heterocycles. The minimum Gasteiger partial charge on any atom is -0.332 e. The third-order valence-corrected chi connectivity index (χ3v) is 5.22. The largest absolute Gasteiger partial charge is 0.493 e. The third-order valence-electron chi connectivity index (χ3n) is 2.95. The second kappa shape index (κ2) is 5.80. The molecule has 0 radical (unpaired) electrons. The van der Waals surface area contributed by atoms with Gasteiger partial charge in [0.15, 0.2) is 15.7 Å². The van der Waals surface area contributed by atoms with Gasteiger partial charge in [0.05, 0.1) is 10.8 Å². The van der Waals surface area contributed by atoms with Gasteiger partial charge in [0.25, 0.3) is 5.91 Å². The van der Waals surface area contributed by atoms with Crippen LogP contribution in [0.15, 0.2) is 23.1 Å². The van der Waals surface area contributed by atoms with Crippen LogP contribution in [0.2, 0.25) is 0 Å². The Bertz CT molecular complexity index is 755. The summed E-state index contributed by atoms with van der Waals surface area (Å²) in [6.07, 6.45) is -4.62. The zero-order valence-electron chi connectivity index (χ0n) is 11.2. The number of halogens is 4. The van der Waals surface area contributed by atoms with Crippen LogP contribution in [0, 0.1) is 5.82 Å². The van der Waals surface area contributed by atoms with Crippen LogP contribution in [-0.2, 0) is 19.5 Å². The maximum atomic E-state index is 14.2. The SMILES string of the molecule is O=C(NOC(=O)C(F)(F)F)c1cccc(S(=O)(=O)C2CC2)c1F. The van der Waals surface area contributed by atoms with Crippen molar-refractivity contribution in [1.29, 1.82) is 0 Å². The van der Waals surface area contributed by atoms with Crippen molar-refractivity contribution in [2.24, 2.45) is 0 Å². The number of rotatable bonds is 3. The molecule has 1 aromatic rings. The number of hydrogen-bond acceptors (Lipinski definition) is 5. The Kier molecular flexibility index (Phi) is 4.33. The predicted molar refractivity (Wildman–Crippen MR) is 66.2 cm³/mol. The molecule has 2 rings (SSSR count). The number of hydroxylamine groups is 1. The summed E-state index contributed by atoms with van der Waals surface area (Å²) in [6, 6.07) is 2.85. The van der Waals surface area contributed by atoms with Gasteiger partial charge >= 0.3 is 12.1 Å². The smallest absolute Gasteiger partial charge is 0.332 e. The van der Waals surface area contributed by atoms with Crippen LogP contribution in [0.1, 0.15) is 23.2 Å². The van der Waals surface area contributed by atoms with Crippen LogP contribution in [0.5, 0.6) is 0 Å². The van der Waals surface area contributed by atoms with Gasteiger partial charge in [-0.25, -0.2) is 17.6 Å². The van der Waals surface area contributed by atoms with Crippen molar-refractivity contribution in [2.75, 3.05) is 0 Å². The Morgan fingerprint density at radius 1 is 1.22 bits per heavy atom. The average Bonchev–Trinajstić information content (AvgIpc) is 3.28. The molecule has 1 aliphatic carbocycles. The zero-order valence-corrected chi connectivity index (χ0v) is 12.0. The second-order valence-corrected chi connectivity index (χ2v) is 6.88. The van der Waals surface area contributed by atoms with Gasteiger partial charge in [0, 0.05) is 0 Å². The molecule has 1 fully saturated rings. The fourth-order valence-electron chi connectivity index (χ4n) is 1.67. The van der Waals surface area contributed by atoms with Gasteiger partial charge in [-0.15, -0.1) is 0 Å². The van der Waals surface area contributed by atoms with Gasteiger partial charge in [-0.3, -0.25) is 4.79 Å². The molecule has 0 atom stereocenters. The van der Waals surface area contributed by atoms with E-state index >= 15 is 0 Å². The van der Waals surface area contributed by atoms with Crippen LogP contribution in [-0.4, -0.2) is 31.7 Å². The standard InChI is InChI=1S/C12H9F4NO5S/c13-9-7(10(18)17-22-11(19)12(14,15)16)2-1-3-8(9)23(20,21)6-4-5-6/h1-3,6H,4-5H2,(H,17,18). The van der Waals surface area contributed by atoms with Crippen molar-refractivity contribution in [3.05, 3.63) is 29.6 Å². The maximum absolute atomic E-state index is 14.2. The summed E-state index contributed by atoms with van der Waals surface area (Å²) in [5, 5.41) is -0.738. The molecule has 0 unspecified atom stereocenters. The summed E-state index contributed by atoms with van der Waals surface area (Å²) in [5.41, 5.74) is 0.267. The molecule has 1 saturated carbocycles. The molecule has 23 heavy (non-hydrogen) atoms. The fraction of sp³-hybridized carbons (Fsp3) is 0.333. The lowest BCUT2D eigenvalue weighted by Gasteiger charge is -2.10. The molecule has 0 spiro atoms. The number of benzene rings is 1. The van der Waals surface area contributed by atoms with E-state index in [1.54, 1.807) is 0 Å². The molecular weight excluding hydrogens is 346 g/mol. The van der Waals surface area contributed by atoms with Crippen molar-refractivity contribution in [2.45, 2.75) is 29.2 Å². The molecule has 0 saturated heterocycles. The third kappa shape index (κ3) is 3.60. The van der Waals surface area contributed by atoms with E-state index in [1.807, 2.05) is 0 Å². The molecule has 1 amide bonds. The lowest BCUT2D eigenvalue weighted by Crippen LogP contribution is -2.35. The van der Waals surface area contributed by atoms with Gasteiger partial charge < -0.3 is 4.84 Å². The van der Waals surface area contributed by atoms with Gasteiger partial charge in [0.2, 0.25) is 0 Å². The topological polar surface area (TPSA) is 89.5 Å². The van der Waals surface area contributed by atoms with E-state index < -0.39 is 49.4 Å². The molecule has 1 aliphatic rings. The van der Waals surface area contributed by atoms with E-state index in [-0.39, 0.29) is 0 Å². The number of carbonyl (C=O) groups is 2. The Morgan fingerprint density at radius 3 is 2.35 bits per heavy atom. The Labute approximate surface area is 127 Å². The lowest BCUT2D eigenvalue weighted by atomic mass is 10.2. The predicted octanol–water partition coefficient (Wildman–Crippen LogP) is 1.51. The summed E-state index contributed by atoms with van der Waals surface area (Å²) in [6.45, 7) is 0. The maximum Gasteiger partial charge on any atom is 0.493 e. The summed E-state index contributed by atoms with van der Waals surface area (Å²) >= 11 is 0. The molecule has 126 valence electrons. The highest BCUT2D eigenvalue weighted by molar-refractivity contribution is 7.92. The van der Waals surface area contributed by atoms with E-state index in [0.29, 0.717) is 12.8 Å². The highest BCUT2D eigenvalue weighted by Crippen LogP contribution is 2.35. The normalized spacial score (nSPS) is 15.1. The van der Waals surface area contributed by atoms with E-state index in [0.717, 1.165) is 23.7 Å². The number of alkyl halides is 3. The molecule has 11 heteroatoms. The van der Waals surface area contributed by atoms with Crippen molar-refractivity contribution < 1.29 is 40.4 Å². The monoisotopic (exact) mass is 355 g/mol. The molecule has 6 nitrogen and oxygen atoms in total. The Hall–Kier alpha value is -2.17. The van der Waals surface area contributed by atoms with Crippen molar-refractivity contribution >= 4 is 21.7 Å². The zero-order chi connectivity index (χ0) is 17.4. The summed E-state index contributed by atoms with van der Waals surface area (Å²) in [7, 11) is -3.95. The van der Waals surface area contributed by atoms with Gasteiger partial charge in [-0.1, -0.05) is 6.07 Å². The van der Waals surface area contributed by atoms with Crippen LogP contribution in [0.3, 0.4) is 0 Å². The summed E-state index contributed by atoms with van der Waals surface area (Å²) in [5.74, 6) is -5.64. The highest BCUT2D eigenvalue weighted by atomic mass is 32.2. The molecule has 0 aromatic heterocycles. The van der Waals surface area contributed by atoms with Crippen LogP contribution < -0.4 is 5.48 Å². The van der Waals surface area contributed by atoms with Crippen molar-refractivity contribution in [3.8, 4) is 0 Å². The van der Waals surface area contributed by atoms with E-state index in [1.165, 1.54) is 0 Å². The number of nitrogens with one attached hydrogen (secondary N) is 1. The molecule has 1 aromatic carbocycles. The first-order valence-electron chi connectivity index (χ1n) is 6.16. The van der Waals surface area contributed by atoms with E-state index in [4.69, 9.17) is 0 Å². The lowest BCUT2D eigenvalue weighted by molar-refractivity contribution is -0.204. The number of amides is 1. The second-order valence-electron chi connectivity index (χ2n) is 4.68. The highest BCUT2D eigenvalue weighted by Gasteiger charge is 2.42. The first kappa shape index (κ1) is 17.2. The van der Waals surface area contributed by atoms with Gasteiger partial charge in [-0.2, -0.15) is 18.7 Å². The van der Waals surface area contributed by atoms with Crippen molar-refractivity contribution in [1.82, 2.24) is 5.48 Å². The van der Waals surface area contributed by atoms with Crippen LogP contribution in [0.25, 0.3) is 0 Å². The molecule has 1 N–H and O–H groups in total. The van der Waals surface area contributed by atoms with Gasteiger partial charge in [0.1, 0.15) is 4.90 Å². The van der Waals surface area contributed by atoms with E-state index in [2.05, 4.69) is 4.84 Å². The number of sulfone groups is 1.